The zero-order chi connectivity index (χ0) is 21.0. The highest BCUT2D eigenvalue weighted by Gasteiger charge is 2.35. The summed E-state index contributed by atoms with van der Waals surface area (Å²) in [5, 5.41) is 12.0. The normalized spacial score (nSPS) is 16.0. The minimum absolute atomic E-state index is 0.0705. The van der Waals surface area contributed by atoms with Crippen LogP contribution in [0.15, 0.2) is 42.5 Å². The van der Waals surface area contributed by atoms with Crippen LogP contribution < -0.4 is 15.0 Å². The van der Waals surface area contributed by atoms with E-state index in [1.807, 2.05) is 38.1 Å². The van der Waals surface area contributed by atoms with Crippen LogP contribution in [0.2, 0.25) is 0 Å². The maximum Gasteiger partial charge on any atom is 0.229 e. The summed E-state index contributed by atoms with van der Waals surface area (Å²) in [6, 6.07) is 14.8. The number of amides is 2. The van der Waals surface area contributed by atoms with Crippen molar-refractivity contribution in [3.05, 3.63) is 53.6 Å². The summed E-state index contributed by atoms with van der Waals surface area (Å²) in [5.41, 5.74) is 2.88. The molecule has 0 radical (unpaired) electrons. The highest BCUT2D eigenvalue weighted by atomic mass is 16.5. The van der Waals surface area contributed by atoms with Crippen molar-refractivity contribution in [1.29, 1.82) is 5.26 Å². The summed E-state index contributed by atoms with van der Waals surface area (Å²) in [5.74, 6) is -0.289. The van der Waals surface area contributed by atoms with E-state index < -0.39 is 5.92 Å². The van der Waals surface area contributed by atoms with Crippen molar-refractivity contribution in [3.8, 4) is 11.8 Å². The third-order valence-electron chi connectivity index (χ3n) is 4.88. The van der Waals surface area contributed by atoms with Crippen LogP contribution in [0, 0.1) is 17.2 Å². The molecule has 150 valence electrons. The van der Waals surface area contributed by atoms with Gasteiger partial charge in [0.2, 0.25) is 11.8 Å². The lowest BCUT2D eigenvalue weighted by Crippen LogP contribution is -2.28. The number of hydrogen-bond donors (Lipinski definition) is 1. The van der Waals surface area contributed by atoms with Gasteiger partial charge in [0.25, 0.3) is 0 Å². The molecule has 1 fully saturated rings. The van der Waals surface area contributed by atoms with E-state index in [1.54, 1.807) is 23.1 Å². The molecule has 6 nitrogen and oxygen atoms in total. The van der Waals surface area contributed by atoms with E-state index in [4.69, 9.17) is 10.00 Å². The Bertz CT molecular complexity index is 945. The first-order chi connectivity index (χ1) is 13.9. The second-order valence-electron chi connectivity index (χ2n) is 7.40. The zero-order valence-electron chi connectivity index (χ0n) is 16.9. The van der Waals surface area contributed by atoms with Crippen molar-refractivity contribution >= 4 is 23.2 Å². The fraction of sp³-hybridized carbons (Fsp3) is 0.348. The zero-order valence-corrected chi connectivity index (χ0v) is 16.9. The van der Waals surface area contributed by atoms with Crippen LogP contribution in [-0.2, 0) is 16.0 Å². The molecule has 1 atom stereocenters. The summed E-state index contributed by atoms with van der Waals surface area (Å²) in [6.07, 6.45) is 1.01. The van der Waals surface area contributed by atoms with Crippen molar-refractivity contribution in [3.63, 3.8) is 0 Å². The highest BCUT2D eigenvalue weighted by Crippen LogP contribution is 2.30. The first kappa shape index (κ1) is 20.4. The van der Waals surface area contributed by atoms with Crippen molar-refractivity contribution in [2.45, 2.75) is 39.7 Å². The fourth-order valence-corrected chi connectivity index (χ4v) is 3.33. The topological polar surface area (TPSA) is 82.4 Å². The molecule has 1 aliphatic rings. The number of rotatable bonds is 6. The van der Waals surface area contributed by atoms with Gasteiger partial charge in [0.05, 0.1) is 29.3 Å². The molecule has 1 heterocycles. The predicted octanol–water partition coefficient (Wildman–Crippen LogP) is 3.90. The van der Waals surface area contributed by atoms with Crippen molar-refractivity contribution in [1.82, 2.24) is 0 Å². The summed E-state index contributed by atoms with van der Waals surface area (Å²) in [7, 11) is 0. The molecule has 3 rings (SSSR count). The molecule has 0 spiro atoms. The first-order valence-corrected chi connectivity index (χ1v) is 9.82. The van der Waals surface area contributed by atoms with Gasteiger partial charge in [-0.15, -0.1) is 0 Å². The van der Waals surface area contributed by atoms with Gasteiger partial charge in [0.1, 0.15) is 5.75 Å². The van der Waals surface area contributed by atoms with Crippen LogP contribution in [0.25, 0.3) is 0 Å². The molecule has 0 aromatic heterocycles. The van der Waals surface area contributed by atoms with Crippen molar-refractivity contribution in [2.75, 3.05) is 16.8 Å². The van der Waals surface area contributed by atoms with Crippen LogP contribution in [-0.4, -0.2) is 24.5 Å². The van der Waals surface area contributed by atoms with Gasteiger partial charge < -0.3 is 15.0 Å². The van der Waals surface area contributed by atoms with Crippen molar-refractivity contribution in [2.24, 2.45) is 5.92 Å². The van der Waals surface area contributed by atoms with Gasteiger partial charge in [0, 0.05) is 18.7 Å². The van der Waals surface area contributed by atoms with Crippen LogP contribution in [0.4, 0.5) is 11.4 Å². The Balaban J connectivity index is 1.74. The first-order valence-electron chi connectivity index (χ1n) is 9.82. The Labute approximate surface area is 171 Å². The van der Waals surface area contributed by atoms with Gasteiger partial charge in [-0.05, 0) is 56.2 Å². The lowest BCUT2D eigenvalue weighted by atomic mass is 10.1. The number of benzene rings is 2. The Morgan fingerprint density at radius 3 is 2.62 bits per heavy atom. The SMILES string of the molecule is CCc1ccc(N2CC(C(=O)Nc3cc(C#N)ccc3OC(C)C)CC2=O)cc1. The number of carbonyl (C=O) groups is 2. The molecule has 6 heteroatoms. The fourth-order valence-electron chi connectivity index (χ4n) is 3.33. The predicted molar refractivity (Wildman–Crippen MR) is 112 cm³/mol. The summed E-state index contributed by atoms with van der Waals surface area (Å²) in [6.45, 7) is 6.19. The van der Waals surface area contributed by atoms with Gasteiger partial charge in [-0.3, -0.25) is 9.59 Å². The molecule has 1 unspecified atom stereocenters. The van der Waals surface area contributed by atoms with E-state index in [2.05, 4.69) is 18.3 Å². The number of carbonyl (C=O) groups excluding carboxylic acids is 2. The molecule has 1 aliphatic heterocycles. The van der Waals surface area contributed by atoms with Gasteiger partial charge in [-0.25, -0.2) is 0 Å². The second kappa shape index (κ2) is 8.78. The van der Waals surface area contributed by atoms with E-state index in [0.717, 1.165) is 12.1 Å². The Morgan fingerprint density at radius 2 is 2.00 bits per heavy atom. The largest absolute Gasteiger partial charge is 0.489 e. The molecule has 2 amide bonds. The molecular formula is C23H25N3O3. The molecule has 29 heavy (non-hydrogen) atoms. The van der Waals surface area contributed by atoms with Crippen LogP contribution >= 0.6 is 0 Å². The number of nitriles is 1. The van der Waals surface area contributed by atoms with Gasteiger partial charge in [0.15, 0.2) is 0 Å². The highest BCUT2D eigenvalue weighted by molar-refractivity contribution is 6.04. The van der Waals surface area contributed by atoms with E-state index in [-0.39, 0.29) is 24.3 Å². The van der Waals surface area contributed by atoms with Crippen LogP contribution in [0.3, 0.4) is 0 Å². The maximum atomic E-state index is 12.8. The maximum absolute atomic E-state index is 12.8. The van der Waals surface area contributed by atoms with E-state index in [0.29, 0.717) is 23.5 Å². The quantitative estimate of drug-likeness (QED) is 0.810. The monoisotopic (exact) mass is 391 g/mol. The molecule has 2 aromatic carbocycles. The summed E-state index contributed by atoms with van der Waals surface area (Å²) < 4.78 is 5.74. The number of nitrogens with one attached hydrogen (secondary N) is 1. The summed E-state index contributed by atoms with van der Waals surface area (Å²) in [4.78, 5) is 27.0. The van der Waals surface area contributed by atoms with E-state index in [9.17, 15) is 9.59 Å². The van der Waals surface area contributed by atoms with Crippen molar-refractivity contribution < 1.29 is 14.3 Å². The molecule has 1 saturated heterocycles. The molecule has 0 saturated carbocycles. The van der Waals surface area contributed by atoms with E-state index >= 15 is 0 Å². The molecule has 1 N–H and O–H groups in total. The molecule has 2 aromatic rings. The Morgan fingerprint density at radius 1 is 1.28 bits per heavy atom. The van der Waals surface area contributed by atoms with E-state index in [1.165, 1.54) is 5.56 Å². The minimum Gasteiger partial charge on any atom is -0.489 e. The van der Waals surface area contributed by atoms with Gasteiger partial charge in [-0.1, -0.05) is 19.1 Å². The standard InChI is InChI=1S/C23H25N3O3/c1-4-16-5-8-19(9-6-16)26-14-18(12-22(26)27)23(28)25-20-11-17(13-24)7-10-21(20)29-15(2)3/h5-11,15,18H,4,12,14H2,1-3H3,(H,25,28). The third-order valence-corrected chi connectivity index (χ3v) is 4.88. The number of anilines is 2. The molecule has 0 bridgehead atoms. The third kappa shape index (κ3) is 4.75. The Hall–Kier alpha value is -3.33. The Kier molecular flexibility index (Phi) is 6.18. The van der Waals surface area contributed by atoms with Gasteiger partial charge in [-0.2, -0.15) is 5.26 Å². The average molecular weight is 391 g/mol. The summed E-state index contributed by atoms with van der Waals surface area (Å²) >= 11 is 0. The second-order valence-corrected chi connectivity index (χ2v) is 7.40. The number of hydrogen-bond acceptors (Lipinski definition) is 4. The number of ether oxygens (including phenoxy) is 1. The molecular weight excluding hydrogens is 366 g/mol. The molecule has 0 aliphatic carbocycles. The smallest absolute Gasteiger partial charge is 0.229 e. The number of nitrogens with zero attached hydrogens (tertiary/aromatic N) is 2. The van der Waals surface area contributed by atoms with Crippen LogP contribution in [0.5, 0.6) is 5.75 Å². The minimum atomic E-state index is -0.467. The number of aryl methyl sites for hydroxylation is 1. The van der Waals surface area contributed by atoms with Gasteiger partial charge >= 0.3 is 0 Å². The lowest BCUT2D eigenvalue weighted by Gasteiger charge is -2.18. The average Bonchev–Trinajstić information content (AvgIpc) is 3.10. The lowest BCUT2D eigenvalue weighted by molar-refractivity contribution is -0.122. The van der Waals surface area contributed by atoms with Crippen LogP contribution in [0.1, 0.15) is 38.3 Å².